The smallest absolute Gasteiger partial charge is 0.236 e. The zero-order chi connectivity index (χ0) is 14.8. The summed E-state index contributed by atoms with van der Waals surface area (Å²) < 4.78 is 0. The molecule has 2 heterocycles. The van der Waals surface area contributed by atoms with E-state index in [4.69, 9.17) is 5.73 Å². The predicted molar refractivity (Wildman–Crippen MR) is 85.0 cm³/mol. The van der Waals surface area contributed by atoms with Crippen LogP contribution in [-0.2, 0) is 6.42 Å². The van der Waals surface area contributed by atoms with E-state index in [1.807, 2.05) is 6.07 Å². The van der Waals surface area contributed by atoms with Crippen molar-refractivity contribution in [1.29, 1.82) is 0 Å². The zero-order valence-electron chi connectivity index (χ0n) is 12.5. The van der Waals surface area contributed by atoms with Gasteiger partial charge in [-0.2, -0.15) is 15.0 Å². The van der Waals surface area contributed by atoms with Crippen molar-refractivity contribution in [2.45, 2.75) is 20.3 Å². The molecule has 0 saturated carbocycles. The van der Waals surface area contributed by atoms with Gasteiger partial charge >= 0.3 is 0 Å². The Morgan fingerprint density at radius 3 is 2.67 bits per heavy atom. The molecule has 0 radical (unpaired) electrons. The molecule has 2 N–H and O–H groups in total. The second-order valence-electron chi connectivity index (χ2n) is 5.00. The molecule has 0 saturated heterocycles. The normalized spacial score (nSPS) is 13.3. The number of anilines is 4. The van der Waals surface area contributed by atoms with Gasteiger partial charge in [-0.05, 0) is 31.9 Å². The van der Waals surface area contributed by atoms with E-state index in [1.54, 1.807) is 0 Å². The summed E-state index contributed by atoms with van der Waals surface area (Å²) >= 11 is 0. The van der Waals surface area contributed by atoms with Crippen LogP contribution in [0.25, 0.3) is 0 Å². The average molecular weight is 284 g/mol. The number of aromatic nitrogens is 3. The van der Waals surface area contributed by atoms with Crippen molar-refractivity contribution in [3.05, 3.63) is 29.8 Å². The highest BCUT2D eigenvalue weighted by Crippen LogP contribution is 2.32. The molecule has 0 amide bonds. The second kappa shape index (κ2) is 5.55. The Hall–Kier alpha value is -2.37. The molecule has 21 heavy (non-hydrogen) atoms. The average Bonchev–Trinajstić information content (AvgIpc) is 2.92. The zero-order valence-corrected chi connectivity index (χ0v) is 12.5. The molecule has 3 rings (SSSR count). The fourth-order valence-corrected chi connectivity index (χ4v) is 2.68. The highest BCUT2D eigenvalue weighted by molar-refractivity contribution is 5.66. The van der Waals surface area contributed by atoms with Gasteiger partial charge in [0.1, 0.15) is 0 Å². The van der Waals surface area contributed by atoms with Crippen LogP contribution in [0.1, 0.15) is 19.4 Å². The van der Waals surface area contributed by atoms with Gasteiger partial charge in [-0.3, -0.25) is 0 Å². The largest absolute Gasteiger partial charge is 0.368 e. The maximum Gasteiger partial charge on any atom is 0.236 e. The minimum absolute atomic E-state index is 0.270. The number of nitrogens with two attached hydrogens (primary N) is 1. The van der Waals surface area contributed by atoms with E-state index in [9.17, 15) is 0 Å². The molecule has 6 heteroatoms. The molecule has 0 atom stereocenters. The summed E-state index contributed by atoms with van der Waals surface area (Å²) in [6.07, 6.45) is 1.00. The summed E-state index contributed by atoms with van der Waals surface area (Å²) in [5.41, 5.74) is 8.36. The third kappa shape index (κ3) is 2.49. The van der Waals surface area contributed by atoms with Crippen LogP contribution in [0.3, 0.4) is 0 Å². The maximum atomic E-state index is 5.88. The fraction of sp³-hybridized carbons (Fsp3) is 0.400. The molecule has 1 aliphatic rings. The fourth-order valence-electron chi connectivity index (χ4n) is 2.68. The van der Waals surface area contributed by atoms with Gasteiger partial charge in [0.2, 0.25) is 17.8 Å². The molecule has 1 aromatic heterocycles. The Labute approximate surface area is 124 Å². The van der Waals surface area contributed by atoms with E-state index in [0.717, 1.165) is 31.7 Å². The number of nitrogens with zero attached hydrogens (tertiary/aromatic N) is 5. The molecule has 0 unspecified atom stereocenters. The molecular weight excluding hydrogens is 264 g/mol. The van der Waals surface area contributed by atoms with Crippen LogP contribution in [0.4, 0.5) is 23.5 Å². The lowest BCUT2D eigenvalue weighted by Gasteiger charge is -2.22. The first kappa shape index (κ1) is 13.6. The second-order valence-corrected chi connectivity index (χ2v) is 5.00. The summed E-state index contributed by atoms with van der Waals surface area (Å²) in [6.45, 7) is 6.72. The number of benzene rings is 1. The Morgan fingerprint density at radius 1 is 1.14 bits per heavy atom. The third-order valence-electron chi connectivity index (χ3n) is 3.80. The first-order chi connectivity index (χ1) is 10.2. The minimum atomic E-state index is 0.270. The van der Waals surface area contributed by atoms with Crippen LogP contribution < -0.4 is 15.5 Å². The number of para-hydroxylation sites is 1. The highest BCUT2D eigenvalue weighted by atomic mass is 15.4. The summed E-state index contributed by atoms with van der Waals surface area (Å²) in [7, 11) is 0. The molecule has 1 aromatic carbocycles. The van der Waals surface area contributed by atoms with Crippen molar-refractivity contribution in [3.63, 3.8) is 0 Å². The first-order valence-corrected chi connectivity index (χ1v) is 7.34. The third-order valence-corrected chi connectivity index (χ3v) is 3.80. The van der Waals surface area contributed by atoms with Crippen molar-refractivity contribution in [2.24, 2.45) is 0 Å². The lowest BCUT2D eigenvalue weighted by Crippen LogP contribution is -2.26. The van der Waals surface area contributed by atoms with Crippen LogP contribution in [0.15, 0.2) is 24.3 Å². The van der Waals surface area contributed by atoms with E-state index in [2.05, 4.69) is 56.8 Å². The highest BCUT2D eigenvalue weighted by Gasteiger charge is 2.23. The molecule has 1 aliphatic heterocycles. The molecule has 0 bridgehead atoms. The van der Waals surface area contributed by atoms with Gasteiger partial charge in [0, 0.05) is 25.3 Å². The summed E-state index contributed by atoms with van der Waals surface area (Å²) in [5, 5.41) is 0. The van der Waals surface area contributed by atoms with Crippen LogP contribution in [0.5, 0.6) is 0 Å². The topological polar surface area (TPSA) is 71.2 Å². The summed E-state index contributed by atoms with van der Waals surface area (Å²) in [6, 6.07) is 8.34. The number of hydrogen-bond donors (Lipinski definition) is 1. The molecule has 110 valence electrons. The SMILES string of the molecule is CCN(CC)c1nc(N)nc(N2CCc3ccccc32)n1. The van der Waals surface area contributed by atoms with Gasteiger partial charge < -0.3 is 15.5 Å². The van der Waals surface area contributed by atoms with Crippen LogP contribution in [-0.4, -0.2) is 34.6 Å². The Morgan fingerprint density at radius 2 is 1.90 bits per heavy atom. The summed E-state index contributed by atoms with van der Waals surface area (Å²) in [5.74, 6) is 1.55. The van der Waals surface area contributed by atoms with Gasteiger partial charge in [-0.1, -0.05) is 18.2 Å². The van der Waals surface area contributed by atoms with Gasteiger partial charge in [0.05, 0.1) is 0 Å². The molecular formula is C15H20N6. The predicted octanol–water partition coefficient (Wildman–Crippen LogP) is 1.99. The van der Waals surface area contributed by atoms with E-state index in [-0.39, 0.29) is 5.95 Å². The lowest BCUT2D eigenvalue weighted by molar-refractivity contribution is 0.807. The van der Waals surface area contributed by atoms with E-state index < -0.39 is 0 Å². The van der Waals surface area contributed by atoms with Crippen LogP contribution >= 0.6 is 0 Å². The van der Waals surface area contributed by atoms with Crippen LogP contribution in [0, 0.1) is 0 Å². The molecule has 6 nitrogen and oxygen atoms in total. The molecule has 2 aromatic rings. The number of nitrogen functional groups attached to an aromatic ring is 1. The van der Waals surface area contributed by atoms with Gasteiger partial charge in [-0.15, -0.1) is 0 Å². The van der Waals surface area contributed by atoms with E-state index in [1.165, 1.54) is 5.56 Å². The minimum Gasteiger partial charge on any atom is -0.368 e. The van der Waals surface area contributed by atoms with Crippen molar-refractivity contribution < 1.29 is 0 Å². The lowest BCUT2D eigenvalue weighted by atomic mass is 10.2. The van der Waals surface area contributed by atoms with Crippen molar-refractivity contribution in [2.75, 3.05) is 35.2 Å². The summed E-state index contributed by atoms with van der Waals surface area (Å²) in [4.78, 5) is 17.4. The van der Waals surface area contributed by atoms with Gasteiger partial charge in [-0.25, -0.2) is 0 Å². The maximum absolute atomic E-state index is 5.88. The van der Waals surface area contributed by atoms with Gasteiger partial charge in [0.25, 0.3) is 0 Å². The first-order valence-electron chi connectivity index (χ1n) is 7.34. The van der Waals surface area contributed by atoms with Crippen molar-refractivity contribution in [1.82, 2.24) is 15.0 Å². The standard InChI is InChI=1S/C15H20N6/c1-3-20(4-2)14-17-13(16)18-15(19-14)21-10-9-11-7-5-6-8-12(11)21/h5-8H,3-4,9-10H2,1-2H3,(H2,16,17,18,19). The Kier molecular flexibility index (Phi) is 3.60. The monoisotopic (exact) mass is 284 g/mol. The van der Waals surface area contributed by atoms with E-state index in [0.29, 0.717) is 11.9 Å². The Bertz CT molecular complexity index is 638. The number of rotatable bonds is 4. The van der Waals surface area contributed by atoms with Crippen LogP contribution in [0.2, 0.25) is 0 Å². The van der Waals surface area contributed by atoms with Crippen molar-refractivity contribution in [3.8, 4) is 0 Å². The van der Waals surface area contributed by atoms with E-state index >= 15 is 0 Å². The molecule has 0 aliphatic carbocycles. The number of hydrogen-bond acceptors (Lipinski definition) is 6. The number of fused-ring (bicyclic) bond motifs is 1. The molecule has 0 spiro atoms. The molecule has 0 fully saturated rings. The Balaban J connectivity index is 2.00. The quantitative estimate of drug-likeness (QED) is 0.926. The van der Waals surface area contributed by atoms with Crippen molar-refractivity contribution >= 4 is 23.5 Å². The van der Waals surface area contributed by atoms with Gasteiger partial charge in [0.15, 0.2) is 0 Å².